The van der Waals surface area contributed by atoms with Gasteiger partial charge in [0.25, 0.3) is 0 Å². The number of nitrogens with zero attached hydrogens (tertiary/aromatic N) is 2. The molecule has 2 aromatic carbocycles. The highest BCUT2D eigenvalue weighted by Gasteiger charge is 2.36. The molecule has 0 aromatic heterocycles. The van der Waals surface area contributed by atoms with Crippen molar-refractivity contribution in [1.29, 1.82) is 10.8 Å². The van der Waals surface area contributed by atoms with Gasteiger partial charge in [0.2, 0.25) is 0 Å². The zero-order valence-corrected chi connectivity index (χ0v) is 27.4. The molecule has 1 atom stereocenters. The molecule has 4 rings (SSSR count). The second kappa shape index (κ2) is 16.2. The zero-order valence-electron chi connectivity index (χ0n) is 25.8. The number of piperidine rings is 2. The standard InChI is InChI=1S/C35H48Cl2N4O2/c1-26(2)43-30-9-6-8-27(22-30)23-34(42)33(39)25-35(14-7-16-38,28-10-11-31(36)32(37)24-28)15-21-40-19-12-29(13-20-40)41-17-4-3-5-18-41/h6,8-11,16,22,24,26,29,38-39H,3-5,7,12-15,17-21,23,25H2,1-2H3/t35-/m0/s1. The molecule has 234 valence electrons. The molecule has 2 saturated heterocycles. The normalized spacial score (nSPS) is 18.3. The van der Waals surface area contributed by atoms with E-state index in [1.165, 1.54) is 51.4 Å². The topological polar surface area (TPSA) is 80.5 Å². The minimum atomic E-state index is -0.509. The van der Waals surface area contributed by atoms with Gasteiger partial charge in [0.1, 0.15) is 5.75 Å². The smallest absolute Gasteiger partial charge is 0.180 e. The summed E-state index contributed by atoms with van der Waals surface area (Å²) in [7, 11) is 0. The number of rotatable bonds is 15. The van der Waals surface area contributed by atoms with E-state index < -0.39 is 5.41 Å². The Morgan fingerprint density at radius 3 is 2.44 bits per heavy atom. The Labute approximate surface area is 268 Å². The number of Topliss-reactive ketones (excluding diaryl/α,β-unsaturated/α-hetero) is 1. The summed E-state index contributed by atoms with van der Waals surface area (Å²) in [5.41, 5.74) is 1.42. The first kappa shape index (κ1) is 33.6. The van der Waals surface area contributed by atoms with Gasteiger partial charge in [0.05, 0.1) is 21.9 Å². The Bertz CT molecular complexity index is 1240. The van der Waals surface area contributed by atoms with Crippen LogP contribution in [0.1, 0.15) is 82.8 Å². The number of carbonyl (C=O) groups excluding carboxylic acids is 1. The number of likely N-dealkylation sites (tertiary alicyclic amines) is 2. The molecule has 2 aliphatic heterocycles. The largest absolute Gasteiger partial charge is 0.491 e. The van der Waals surface area contributed by atoms with Gasteiger partial charge in [0.15, 0.2) is 5.78 Å². The van der Waals surface area contributed by atoms with Crippen LogP contribution in [-0.4, -0.2) is 72.4 Å². The van der Waals surface area contributed by atoms with Crippen LogP contribution >= 0.6 is 23.2 Å². The van der Waals surface area contributed by atoms with Crippen LogP contribution in [0.3, 0.4) is 0 Å². The van der Waals surface area contributed by atoms with Crippen molar-refractivity contribution in [3.05, 3.63) is 63.6 Å². The highest BCUT2D eigenvalue weighted by Crippen LogP contribution is 2.40. The minimum Gasteiger partial charge on any atom is -0.491 e. The lowest BCUT2D eigenvalue weighted by molar-refractivity contribution is -0.112. The summed E-state index contributed by atoms with van der Waals surface area (Å²) in [5, 5.41) is 17.8. The number of carbonyl (C=O) groups is 1. The second-order valence-corrected chi connectivity index (χ2v) is 13.5. The van der Waals surface area contributed by atoms with Gasteiger partial charge in [-0.2, -0.15) is 0 Å². The van der Waals surface area contributed by atoms with Crippen molar-refractivity contribution in [2.24, 2.45) is 0 Å². The van der Waals surface area contributed by atoms with E-state index in [0.717, 1.165) is 42.9 Å². The lowest BCUT2D eigenvalue weighted by Crippen LogP contribution is -2.47. The predicted molar refractivity (Wildman–Crippen MR) is 179 cm³/mol. The summed E-state index contributed by atoms with van der Waals surface area (Å²) in [5.74, 6) is 0.537. The lowest BCUT2D eigenvalue weighted by Gasteiger charge is -2.42. The Morgan fingerprint density at radius 1 is 1.02 bits per heavy atom. The summed E-state index contributed by atoms with van der Waals surface area (Å²) in [4.78, 5) is 18.7. The molecular weight excluding hydrogens is 579 g/mol. The third-order valence-corrected chi connectivity index (χ3v) is 9.90. The molecule has 0 aliphatic carbocycles. The molecule has 0 radical (unpaired) electrons. The quantitative estimate of drug-likeness (QED) is 0.196. The fraction of sp³-hybridized carbons (Fsp3) is 0.571. The summed E-state index contributed by atoms with van der Waals surface area (Å²) in [6.45, 7) is 9.42. The summed E-state index contributed by atoms with van der Waals surface area (Å²) < 4.78 is 5.81. The van der Waals surface area contributed by atoms with Crippen LogP contribution in [0, 0.1) is 10.8 Å². The number of ketones is 1. The molecule has 6 nitrogen and oxygen atoms in total. The summed E-state index contributed by atoms with van der Waals surface area (Å²) in [6, 6.07) is 14.0. The molecule has 43 heavy (non-hydrogen) atoms. The van der Waals surface area contributed by atoms with E-state index in [1.54, 1.807) is 0 Å². The SMILES string of the molecule is CC(C)Oc1cccc(CC(=O)C(=N)C[C@](CCC=N)(CCN2CCC(N3CCCCC3)CC2)c2ccc(Cl)c(Cl)c2)c1. The Morgan fingerprint density at radius 2 is 1.77 bits per heavy atom. The van der Waals surface area contributed by atoms with Gasteiger partial charge in [-0.3, -0.25) is 4.79 Å². The van der Waals surface area contributed by atoms with Gasteiger partial charge < -0.3 is 25.4 Å². The fourth-order valence-corrected chi connectivity index (χ4v) is 7.06. The molecule has 2 N–H and O–H groups in total. The maximum absolute atomic E-state index is 13.5. The zero-order chi connectivity index (χ0) is 30.8. The maximum Gasteiger partial charge on any atom is 0.180 e. The van der Waals surface area contributed by atoms with Crippen LogP contribution in [0.25, 0.3) is 0 Å². The van der Waals surface area contributed by atoms with Crippen molar-refractivity contribution in [1.82, 2.24) is 9.80 Å². The van der Waals surface area contributed by atoms with Crippen molar-refractivity contribution in [2.45, 2.75) is 95.6 Å². The van der Waals surface area contributed by atoms with E-state index >= 15 is 0 Å². The summed E-state index contributed by atoms with van der Waals surface area (Å²) >= 11 is 12.8. The van der Waals surface area contributed by atoms with Crippen molar-refractivity contribution in [2.75, 3.05) is 32.7 Å². The van der Waals surface area contributed by atoms with Gasteiger partial charge in [-0.25, -0.2) is 0 Å². The highest BCUT2D eigenvalue weighted by molar-refractivity contribution is 6.42. The van der Waals surface area contributed by atoms with Gasteiger partial charge in [-0.05, 0) is 133 Å². The Hall–Kier alpha value is -2.25. The number of ether oxygens (including phenoxy) is 1. The van der Waals surface area contributed by atoms with E-state index in [9.17, 15) is 4.79 Å². The molecule has 2 aliphatic rings. The molecule has 0 amide bonds. The second-order valence-electron chi connectivity index (χ2n) is 12.6. The number of hydrogen-bond acceptors (Lipinski definition) is 6. The van der Waals surface area contributed by atoms with Crippen LogP contribution < -0.4 is 4.74 Å². The van der Waals surface area contributed by atoms with Crippen molar-refractivity contribution >= 4 is 40.9 Å². The van der Waals surface area contributed by atoms with Gasteiger partial charge in [0, 0.05) is 24.3 Å². The molecular formula is C35H48Cl2N4O2. The molecule has 0 unspecified atom stereocenters. The van der Waals surface area contributed by atoms with Crippen molar-refractivity contribution in [3.8, 4) is 5.75 Å². The van der Waals surface area contributed by atoms with Gasteiger partial charge in [-0.15, -0.1) is 0 Å². The molecule has 2 fully saturated rings. The monoisotopic (exact) mass is 626 g/mol. The van der Waals surface area contributed by atoms with E-state index in [0.29, 0.717) is 35.3 Å². The number of nitrogens with one attached hydrogen (secondary N) is 2. The van der Waals surface area contributed by atoms with Crippen LogP contribution in [0.2, 0.25) is 10.0 Å². The van der Waals surface area contributed by atoms with Gasteiger partial charge >= 0.3 is 0 Å². The molecule has 0 bridgehead atoms. The number of benzene rings is 2. The van der Waals surface area contributed by atoms with Crippen LogP contribution in [-0.2, 0) is 16.6 Å². The van der Waals surface area contributed by atoms with E-state index in [-0.39, 0.29) is 24.0 Å². The first-order valence-corrected chi connectivity index (χ1v) is 16.7. The summed E-state index contributed by atoms with van der Waals surface area (Å²) in [6.07, 6.45) is 10.3. The maximum atomic E-state index is 13.5. The minimum absolute atomic E-state index is 0.0421. The number of halogens is 2. The van der Waals surface area contributed by atoms with Crippen molar-refractivity contribution < 1.29 is 9.53 Å². The predicted octanol–water partition coefficient (Wildman–Crippen LogP) is 8.01. The van der Waals surface area contributed by atoms with E-state index in [4.69, 9.17) is 38.8 Å². The van der Waals surface area contributed by atoms with E-state index in [1.807, 2.05) is 56.3 Å². The van der Waals surface area contributed by atoms with Crippen molar-refractivity contribution in [3.63, 3.8) is 0 Å². The Kier molecular flexibility index (Phi) is 12.7. The molecule has 0 saturated carbocycles. The molecule has 8 heteroatoms. The lowest BCUT2D eigenvalue weighted by atomic mass is 9.69. The van der Waals surface area contributed by atoms with Crippen LogP contribution in [0.15, 0.2) is 42.5 Å². The molecule has 2 aromatic rings. The average molecular weight is 628 g/mol. The Balaban J connectivity index is 1.50. The van der Waals surface area contributed by atoms with Crippen LogP contribution in [0.5, 0.6) is 5.75 Å². The average Bonchev–Trinajstić information content (AvgIpc) is 3.00. The first-order valence-electron chi connectivity index (χ1n) is 16.0. The molecule has 2 heterocycles. The van der Waals surface area contributed by atoms with Gasteiger partial charge in [-0.1, -0.05) is 47.8 Å². The third kappa shape index (κ3) is 9.62. The fourth-order valence-electron chi connectivity index (χ4n) is 6.76. The third-order valence-electron chi connectivity index (χ3n) is 9.16. The highest BCUT2D eigenvalue weighted by atomic mass is 35.5. The van der Waals surface area contributed by atoms with Crippen LogP contribution in [0.4, 0.5) is 0 Å². The number of hydrogen-bond donors (Lipinski definition) is 2. The first-order chi connectivity index (χ1) is 20.7. The van der Waals surface area contributed by atoms with E-state index in [2.05, 4.69) is 9.80 Å². The molecule has 0 spiro atoms.